The number of aldehydes is 1. The van der Waals surface area contributed by atoms with Gasteiger partial charge in [-0.2, -0.15) is 0 Å². The SMILES string of the molecule is CNc1cc2c(cc1F)C(=O)N(c1ccc(C(=O)N(CC=O)Cc3ccc(Cl)s3)cc1)CO2. The van der Waals surface area contributed by atoms with E-state index in [9.17, 15) is 18.8 Å². The highest BCUT2D eigenvalue weighted by molar-refractivity contribution is 7.16. The van der Waals surface area contributed by atoms with Crippen LogP contribution < -0.4 is 15.0 Å². The number of hydrogen-bond acceptors (Lipinski definition) is 6. The number of amides is 2. The van der Waals surface area contributed by atoms with Gasteiger partial charge < -0.3 is 19.7 Å². The van der Waals surface area contributed by atoms with Crippen LogP contribution in [0.25, 0.3) is 0 Å². The lowest BCUT2D eigenvalue weighted by molar-refractivity contribution is -0.108. The molecule has 0 spiro atoms. The molecule has 0 saturated heterocycles. The molecule has 0 unspecified atom stereocenters. The van der Waals surface area contributed by atoms with Crippen molar-refractivity contribution in [3.63, 3.8) is 0 Å². The summed E-state index contributed by atoms with van der Waals surface area (Å²) in [6, 6.07) is 12.5. The van der Waals surface area contributed by atoms with Crippen LogP contribution in [0.2, 0.25) is 4.34 Å². The lowest BCUT2D eigenvalue weighted by Gasteiger charge is -2.29. The van der Waals surface area contributed by atoms with Crippen molar-refractivity contribution in [1.82, 2.24) is 4.90 Å². The van der Waals surface area contributed by atoms with Crippen LogP contribution in [0.3, 0.4) is 0 Å². The maximum atomic E-state index is 14.2. The molecular formula is C23H19ClFN3O4S. The summed E-state index contributed by atoms with van der Waals surface area (Å²) in [7, 11) is 1.58. The summed E-state index contributed by atoms with van der Waals surface area (Å²) >= 11 is 7.30. The van der Waals surface area contributed by atoms with E-state index < -0.39 is 11.7 Å². The molecule has 170 valence electrons. The van der Waals surface area contributed by atoms with Gasteiger partial charge in [0.15, 0.2) is 6.73 Å². The Hall–Kier alpha value is -3.43. The topological polar surface area (TPSA) is 79.0 Å². The third-order valence-corrected chi connectivity index (χ3v) is 6.36. The number of ether oxygens (including phenoxy) is 1. The van der Waals surface area contributed by atoms with Crippen molar-refractivity contribution >= 4 is 52.4 Å². The predicted octanol–water partition coefficient (Wildman–Crippen LogP) is 4.42. The Morgan fingerprint density at radius 3 is 2.67 bits per heavy atom. The summed E-state index contributed by atoms with van der Waals surface area (Å²) in [6.45, 7) is 0.141. The molecule has 1 aliphatic heterocycles. The van der Waals surface area contributed by atoms with Crippen molar-refractivity contribution in [2.24, 2.45) is 0 Å². The average Bonchev–Trinajstić information content (AvgIpc) is 3.23. The first-order chi connectivity index (χ1) is 15.9. The molecule has 33 heavy (non-hydrogen) atoms. The highest BCUT2D eigenvalue weighted by atomic mass is 35.5. The number of benzene rings is 2. The summed E-state index contributed by atoms with van der Waals surface area (Å²) in [5.74, 6) is -0.995. The Kier molecular flexibility index (Phi) is 6.62. The summed E-state index contributed by atoms with van der Waals surface area (Å²) < 4.78 is 20.4. The van der Waals surface area contributed by atoms with Gasteiger partial charge in [0.1, 0.15) is 17.9 Å². The van der Waals surface area contributed by atoms with Crippen molar-refractivity contribution in [1.29, 1.82) is 0 Å². The van der Waals surface area contributed by atoms with E-state index in [1.807, 2.05) is 6.07 Å². The zero-order valence-corrected chi connectivity index (χ0v) is 19.1. The Bertz CT molecular complexity index is 1210. The molecule has 2 amide bonds. The summed E-state index contributed by atoms with van der Waals surface area (Å²) in [6.07, 6.45) is 0.668. The highest BCUT2D eigenvalue weighted by Gasteiger charge is 2.28. The Morgan fingerprint density at radius 2 is 2.03 bits per heavy atom. The fourth-order valence-corrected chi connectivity index (χ4v) is 4.57. The third-order valence-electron chi connectivity index (χ3n) is 5.15. The van der Waals surface area contributed by atoms with Crippen molar-refractivity contribution in [3.8, 4) is 5.75 Å². The van der Waals surface area contributed by atoms with E-state index in [0.717, 1.165) is 10.9 Å². The first-order valence-corrected chi connectivity index (χ1v) is 11.1. The summed E-state index contributed by atoms with van der Waals surface area (Å²) in [5, 5.41) is 2.71. The first kappa shape index (κ1) is 22.8. The van der Waals surface area contributed by atoms with Gasteiger partial charge in [-0.15, -0.1) is 11.3 Å². The molecule has 2 aromatic carbocycles. The van der Waals surface area contributed by atoms with Gasteiger partial charge in [-0.3, -0.25) is 14.5 Å². The molecule has 0 saturated carbocycles. The molecule has 0 radical (unpaired) electrons. The van der Waals surface area contributed by atoms with Gasteiger partial charge in [-0.25, -0.2) is 4.39 Å². The second kappa shape index (κ2) is 9.60. The molecule has 2 heterocycles. The van der Waals surface area contributed by atoms with E-state index in [0.29, 0.717) is 27.6 Å². The van der Waals surface area contributed by atoms with Crippen LogP contribution in [-0.4, -0.2) is 43.3 Å². The van der Waals surface area contributed by atoms with Crippen LogP contribution in [-0.2, 0) is 11.3 Å². The smallest absolute Gasteiger partial charge is 0.264 e. The van der Waals surface area contributed by atoms with Crippen LogP contribution in [0.1, 0.15) is 25.6 Å². The Labute approximate surface area is 198 Å². The second-order valence-corrected chi connectivity index (χ2v) is 8.99. The first-order valence-electron chi connectivity index (χ1n) is 9.94. The molecule has 4 rings (SSSR count). The van der Waals surface area contributed by atoms with Crippen molar-refractivity contribution in [2.45, 2.75) is 6.54 Å². The van der Waals surface area contributed by atoms with Gasteiger partial charge in [0, 0.05) is 29.2 Å². The Morgan fingerprint density at radius 1 is 1.27 bits per heavy atom. The van der Waals surface area contributed by atoms with E-state index in [4.69, 9.17) is 16.3 Å². The maximum absolute atomic E-state index is 14.2. The van der Waals surface area contributed by atoms with Crippen LogP contribution in [0, 0.1) is 5.82 Å². The van der Waals surface area contributed by atoms with Gasteiger partial charge >= 0.3 is 0 Å². The van der Waals surface area contributed by atoms with Gasteiger partial charge in [0.25, 0.3) is 11.8 Å². The molecule has 1 aromatic heterocycles. The molecule has 0 atom stereocenters. The minimum Gasteiger partial charge on any atom is -0.472 e. The van der Waals surface area contributed by atoms with E-state index in [1.54, 1.807) is 37.4 Å². The number of halogens is 2. The monoisotopic (exact) mass is 487 g/mol. The van der Waals surface area contributed by atoms with E-state index in [1.165, 1.54) is 27.2 Å². The molecule has 1 N–H and O–H groups in total. The standard InChI is InChI=1S/C23H19ClFN3O4S/c1-26-19-11-20-17(10-18(19)25)23(31)28(13-32-20)15-4-2-14(3-5-15)22(30)27(8-9-29)12-16-6-7-21(24)33-16/h2-7,9-11,26H,8,12-13H2,1H3. The number of fused-ring (bicyclic) bond motifs is 1. The molecule has 7 nitrogen and oxygen atoms in total. The van der Waals surface area contributed by atoms with Crippen LogP contribution in [0.4, 0.5) is 15.8 Å². The number of rotatable bonds is 7. The van der Waals surface area contributed by atoms with Gasteiger partial charge in [0.2, 0.25) is 0 Å². The number of nitrogens with one attached hydrogen (secondary N) is 1. The average molecular weight is 488 g/mol. The van der Waals surface area contributed by atoms with E-state index in [-0.39, 0.29) is 37.0 Å². The summed E-state index contributed by atoms with van der Waals surface area (Å²) in [4.78, 5) is 40.6. The van der Waals surface area contributed by atoms with E-state index >= 15 is 0 Å². The lowest BCUT2D eigenvalue weighted by atomic mass is 10.1. The lowest BCUT2D eigenvalue weighted by Crippen LogP contribution is -2.39. The maximum Gasteiger partial charge on any atom is 0.264 e. The van der Waals surface area contributed by atoms with Crippen LogP contribution >= 0.6 is 22.9 Å². The molecule has 10 heteroatoms. The van der Waals surface area contributed by atoms with Crippen molar-refractivity contribution < 1.29 is 23.5 Å². The zero-order valence-electron chi connectivity index (χ0n) is 17.5. The molecule has 0 aliphatic carbocycles. The molecule has 0 fully saturated rings. The fraction of sp³-hybridized carbons (Fsp3) is 0.174. The second-order valence-electron chi connectivity index (χ2n) is 7.19. The quantitative estimate of drug-likeness (QED) is 0.499. The van der Waals surface area contributed by atoms with Gasteiger partial charge in [0.05, 0.1) is 28.7 Å². The molecular weight excluding hydrogens is 469 g/mol. The van der Waals surface area contributed by atoms with Crippen LogP contribution in [0.5, 0.6) is 5.75 Å². The van der Waals surface area contributed by atoms with Gasteiger partial charge in [-0.1, -0.05) is 11.6 Å². The fourth-order valence-electron chi connectivity index (χ4n) is 3.46. The number of thiophene rings is 1. The number of anilines is 2. The minimum absolute atomic E-state index is 0.0513. The highest BCUT2D eigenvalue weighted by Crippen LogP contribution is 2.32. The van der Waals surface area contributed by atoms with Crippen molar-refractivity contribution in [3.05, 3.63) is 74.7 Å². The number of hydrogen-bond donors (Lipinski definition) is 1. The summed E-state index contributed by atoms with van der Waals surface area (Å²) in [5.41, 5.74) is 1.21. The Balaban J connectivity index is 1.52. The molecule has 0 bridgehead atoms. The number of carbonyl (C=O) groups is 3. The largest absolute Gasteiger partial charge is 0.472 e. The number of nitrogens with zero attached hydrogens (tertiary/aromatic N) is 2. The predicted molar refractivity (Wildman–Crippen MR) is 125 cm³/mol. The molecule has 3 aromatic rings. The van der Waals surface area contributed by atoms with Gasteiger partial charge in [-0.05, 0) is 42.5 Å². The number of carbonyl (C=O) groups excluding carboxylic acids is 3. The third kappa shape index (κ3) is 4.69. The van der Waals surface area contributed by atoms with Crippen LogP contribution in [0.15, 0.2) is 48.5 Å². The van der Waals surface area contributed by atoms with E-state index in [2.05, 4.69) is 5.32 Å². The molecule has 1 aliphatic rings. The van der Waals surface area contributed by atoms with Crippen molar-refractivity contribution in [2.75, 3.05) is 30.5 Å². The minimum atomic E-state index is -0.557. The zero-order chi connectivity index (χ0) is 23.5. The normalized spacial score (nSPS) is 12.7.